The summed E-state index contributed by atoms with van der Waals surface area (Å²) in [5.74, 6) is 1.76. The molecule has 0 aliphatic rings. The van der Waals surface area contributed by atoms with Crippen molar-refractivity contribution in [3.63, 3.8) is 0 Å². The molecule has 24 heavy (non-hydrogen) atoms. The zero-order chi connectivity index (χ0) is 16.9. The highest BCUT2D eigenvalue weighted by atomic mass is 35.5. The Hall–Kier alpha value is -2.47. The number of ether oxygens (including phenoxy) is 1. The van der Waals surface area contributed by atoms with Crippen LogP contribution in [0.1, 0.15) is 36.7 Å². The molecule has 7 heteroatoms. The SMILES string of the molecule is CC(C)c1ccc(OCc2cnc(Cn3cncn3)nc2)c(Cl)c1. The minimum atomic E-state index is 0.365. The van der Waals surface area contributed by atoms with Crippen LogP contribution in [0.4, 0.5) is 0 Å². The van der Waals surface area contributed by atoms with Crippen LogP contribution in [0.2, 0.25) is 5.02 Å². The molecule has 0 saturated heterocycles. The van der Waals surface area contributed by atoms with Crippen molar-refractivity contribution in [3.05, 3.63) is 65.2 Å². The first-order valence-electron chi connectivity index (χ1n) is 7.66. The maximum absolute atomic E-state index is 6.27. The van der Waals surface area contributed by atoms with Gasteiger partial charge < -0.3 is 4.74 Å². The van der Waals surface area contributed by atoms with E-state index in [1.54, 1.807) is 23.4 Å². The zero-order valence-electron chi connectivity index (χ0n) is 13.6. The number of nitrogens with zero attached hydrogens (tertiary/aromatic N) is 5. The molecule has 0 aliphatic heterocycles. The Morgan fingerprint density at radius 3 is 2.62 bits per heavy atom. The minimum Gasteiger partial charge on any atom is -0.487 e. The highest BCUT2D eigenvalue weighted by Crippen LogP contribution is 2.28. The smallest absolute Gasteiger partial charge is 0.149 e. The molecule has 1 aromatic carbocycles. The first-order valence-corrected chi connectivity index (χ1v) is 8.04. The molecule has 0 unspecified atom stereocenters. The topological polar surface area (TPSA) is 65.7 Å². The van der Waals surface area contributed by atoms with Crippen LogP contribution < -0.4 is 4.74 Å². The zero-order valence-corrected chi connectivity index (χ0v) is 14.3. The number of halogens is 1. The van der Waals surface area contributed by atoms with E-state index >= 15 is 0 Å². The number of hydrogen-bond acceptors (Lipinski definition) is 5. The fourth-order valence-electron chi connectivity index (χ4n) is 2.15. The average molecular weight is 344 g/mol. The summed E-state index contributed by atoms with van der Waals surface area (Å²) in [5, 5.41) is 4.64. The van der Waals surface area contributed by atoms with Crippen molar-refractivity contribution in [2.45, 2.75) is 32.9 Å². The predicted molar refractivity (Wildman–Crippen MR) is 91.0 cm³/mol. The van der Waals surface area contributed by atoms with Crippen LogP contribution in [0, 0.1) is 0 Å². The molecule has 0 radical (unpaired) electrons. The van der Waals surface area contributed by atoms with Gasteiger partial charge in [0, 0.05) is 18.0 Å². The third-order valence-electron chi connectivity index (χ3n) is 3.55. The van der Waals surface area contributed by atoms with Crippen molar-refractivity contribution in [2.24, 2.45) is 0 Å². The largest absolute Gasteiger partial charge is 0.487 e. The molecule has 0 spiro atoms. The van der Waals surface area contributed by atoms with E-state index in [1.807, 2.05) is 18.2 Å². The van der Waals surface area contributed by atoms with E-state index in [0.717, 1.165) is 5.56 Å². The fourth-order valence-corrected chi connectivity index (χ4v) is 2.39. The number of benzene rings is 1. The summed E-state index contributed by atoms with van der Waals surface area (Å²) in [4.78, 5) is 12.5. The second-order valence-corrected chi connectivity index (χ2v) is 6.14. The van der Waals surface area contributed by atoms with Crippen molar-refractivity contribution in [3.8, 4) is 5.75 Å². The summed E-state index contributed by atoms with van der Waals surface area (Å²) in [5.41, 5.74) is 2.06. The molecule has 0 N–H and O–H groups in total. The van der Waals surface area contributed by atoms with Crippen molar-refractivity contribution >= 4 is 11.6 Å². The summed E-state index contributed by atoms with van der Waals surface area (Å²) in [6, 6.07) is 5.88. The third-order valence-corrected chi connectivity index (χ3v) is 3.84. The molecule has 0 fully saturated rings. The standard InChI is InChI=1S/C17H18ClN5O/c1-12(2)14-3-4-16(15(18)5-14)24-9-13-6-20-17(21-7-13)8-23-11-19-10-22-23/h3-7,10-12H,8-9H2,1-2H3. The van der Waals surface area contributed by atoms with E-state index in [0.29, 0.717) is 35.7 Å². The lowest BCUT2D eigenvalue weighted by Gasteiger charge is -2.11. The van der Waals surface area contributed by atoms with Gasteiger partial charge in [-0.25, -0.2) is 19.6 Å². The van der Waals surface area contributed by atoms with Gasteiger partial charge in [0.25, 0.3) is 0 Å². The summed E-state index contributed by atoms with van der Waals surface area (Å²) in [6.45, 7) is 5.11. The van der Waals surface area contributed by atoms with Crippen LogP contribution in [-0.4, -0.2) is 24.7 Å². The number of hydrogen-bond donors (Lipinski definition) is 0. The molecule has 0 amide bonds. The highest BCUT2D eigenvalue weighted by molar-refractivity contribution is 6.32. The van der Waals surface area contributed by atoms with Crippen LogP contribution in [0.25, 0.3) is 0 Å². The maximum Gasteiger partial charge on any atom is 0.149 e. The quantitative estimate of drug-likeness (QED) is 0.685. The minimum absolute atomic E-state index is 0.365. The fraction of sp³-hybridized carbons (Fsp3) is 0.294. The summed E-state index contributed by atoms with van der Waals surface area (Å²) in [7, 11) is 0. The average Bonchev–Trinajstić information content (AvgIpc) is 3.08. The lowest BCUT2D eigenvalue weighted by molar-refractivity contribution is 0.305. The molecular weight excluding hydrogens is 326 g/mol. The van der Waals surface area contributed by atoms with E-state index in [4.69, 9.17) is 16.3 Å². The van der Waals surface area contributed by atoms with Crippen molar-refractivity contribution in [2.75, 3.05) is 0 Å². The van der Waals surface area contributed by atoms with E-state index < -0.39 is 0 Å². The molecule has 3 rings (SSSR count). The molecule has 2 aromatic heterocycles. The van der Waals surface area contributed by atoms with Gasteiger partial charge in [-0.2, -0.15) is 5.10 Å². The van der Waals surface area contributed by atoms with Crippen molar-refractivity contribution < 1.29 is 4.74 Å². The molecule has 2 heterocycles. The monoisotopic (exact) mass is 343 g/mol. The first kappa shape index (κ1) is 16.4. The Morgan fingerprint density at radius 1 is 1.21 bits per heavy atom. The van der Waals surface area contributed by atoms with Gasteiger partial charge in [-0.3, -0.25) is 0 Å². The van der Waals surface area contributed by atoms with Gasteiger partial charge in [0.1, 0.15) is 37.4 Å². The Morgan fingerprint density at radius 2 is 2.00 bits per heavy atom. The Kier molecular flexibility index (Phi) is 5.05. The molecule has 0 bridgehead atoms. The lowest BCUT2D eigenvalue weighted by atomic mass is 10.0. The number of rotatable bonds is 6. The van der Waals surface area contributed by atoms with Crippen LogP contribution in [0.15, 0.2) is 43.2 Å². The van der Waals surface area contributed by atoms with E-state index in [9.17, 15) is 0 Å². The summed E-state index contributed by atoms with van der Waals surface area (Å²) < 4.78 is 7.43. The van der Waals surface area contributed by atoms with Crippen LogP contribution >= 0.6 is 11.6 Å². The molecule has 0 saturated carbocycles. The lowest BCUT2D eigenvalue weighted by Crippen LogP contribution is -2.06. The van der Waals surface area contributed by atoms with Gasteiger partial charge in [-0.15, -0.1) is 0 Å². The van der Waals surface area contributed by atoms with E-state index in [-0.39, 0.29) is 0 Å². The Bertz CT molecular complexity index is 787. The molecule has 3 aromatic rings. The second kappa shape index (κ2) is 7.40. The van der Waals surface area contributed by atoms with E-state index in [1.165, 1.54) is 11.9 Å². The van der Waals surface area contributed by atoms with Gasteiger partial charge in [-0.1, -0.05) is 31.5 Å². The Labute approximate surface area is 145 Å². The van der Waals surface area contributed by atoms with Gasteiger partial charge in [0.2, 0.25) is 0 Å². The molecule has 124 valence electrons. The first-order chi connectivity index (χ1) is 11.6. The van der Waals surface area contributed by atoms with Crippen molar-refractivity contribution in [1.29, 1.82) is 0 Å². The van der Waals surface area contributed by atoms with Crippen LogP contribution in [0.3, 0.4) is 0 Å². The van der Waals surface area contributed by atoms with E-state index in [2.05, 4.69) is 33.9 Å². The summed E-state index contributed by atoms with van der Waals surface area (Å²) >= 11 is 6.27. The van der Waals surface area contributed by atoms with Gasteiger partial charge in [-0.05, 0) is 23.6 Å². The van der Waals surface area contributed by atoms with Crippen LogP contribution in [-0.2, 0) is 13.2 Å². The van der Waals surface area contributed by atoms with Gasteiger partial charge >= 0.3 is 0 Å². The van der Waals surface area contributed by atoms with Crippen LogP contribution in [0.5, 0.6) is 5.75 Å². The number of aromatic nitrogens is 5. The summed E-state index contributed by atoms with van der Waals surface area (Å²) in [6.07, 6.45) is 6.60. The molecule has 0 aliphatic carbocycles. The maximum atomic E-state index is 6.27. The van der Waals surface area contributed by atoms with Gasteiger partial charge in [0.15, 0.2) is 0 Å². The predicted octanol–water partition coefficient (Wildman–Crippen LogP) is 3.47. The van der Waals surface area contributed by atoms with Gasteiger partial charge in [0.05, 0.1) is 5.02 Å². The second-order valence-electron chi connectivity index (χ2n) is 5.73. The Balaban J connectivity index is 1.60. The molecule has 0 atom stereocenters. The molecule has 6 nitrogen and oxygen atoms in total. The van der Waals surface area contributed by atoms with Crippen molar-refractivity contribution in [1.82, 2.24) is 24.7 Å². The highest BCUT2D eigenvalue weighted by Gasteiger charge is 2.07. The third kappa shape index (κ3) is 4.08. The molecular formula is C17H18ClN5O. The normalized spacial score (nSPS) is 11.0.